The third-order valence-corrected chi connectivity index (χ3v) is 14.3. The van der Waals surface area contributed by atoms with Gasteiger partial charge in [0.25, 0.3) is 0 Å². The first-order valence-corrected chi connectivity index (χ1v) is 26.6. The molecule has 0 saturated heterocycles. The topological polar surface area (TPSA) is 0 Å². The molecular weight excluding hydrogens is 775 g/mol. The molecule has 0 fully saturated rings. The van der Waals surface area contributed by atoms with Crippen molar-refractivity contribution in [2.24, 2.45) is 0 Å². The Labute approximate surface area is 337 Å². The third kappa shape index (κ3) is 10.1. The maximum absolute atomic E-state index is 6.32. The molecule has 8 aromatic carbocycles. The van der Waals surface area contributed by atoms with E-state index in [1.165, 1.54) is 91.7 Å². The van der Waals surface area contributed by atoms with Gasteiger partial charge in [0.1, 0.15) is 0 Å². The molecule has 8 aromatic rings. The Kier molecular flexibility index (Phi) is 14.3. The van der Waals surface area contributed by atoms with Gasteiger partial charge in [-0.2, -0.15) is 12.1 Å². The van der Waals surface area contributed by atoms with Crippen LogP contribution in [-0.4, -0.2) is 3.21 Å². The summed E-state index contributed by atoms with van der Waals surface area (Å²) in [5, 5.41) is 5.49. The van der Waals surface area contributed by atoms with Gasteiger partial charge in [-0.1, -0.05) is 111 Å². The summed E-state index contributed by atoms with van der Waals surface area (Å²) in [5.74, 6) is 0. The Morgan fingerprint density at radius 1 is 0.481 bits per heavy atom. The van der Waals surface area contributed by atoms with Crippen LogP contribution in [0.3, 0.4) is 0 Å². The number of rotatable bonds is 8. The molecule has 0 N–H and O–H groups in total. The molecular formula is C51H48Cl2Zr-2. The normalized spacial score (nSPS) is 10.7. The van der Waals surface area contributed by atoms with Crippen LogP contribution in [0.25, 0.3) is 43.8 Å². The van der Waals surface area contributed by atoms with Crippen molar-refractivity contribution < 1.29 is 18.9 Å². The van der Waals surface area contributed by atoms with E-state index < -0.39 is 18.9 Å². The van der Waals surface area contributed by atoms with E-state index in [9.17, 15) is 0 Å². The zero-order chi connectivity index (χ0) is 37.9. The first-order chi connectivity index (χ1) is 26.3. The molecule has 3 heteroatoms. The third-order valence-electron chi connectivity index (χ3n) is 9.74. The average molecular weight is 823 g/mol. The molecule has 272 valence electrons. The number of hydrogen-bond donors (Lipinski definition) is 0. The number of halogens is 2. The van der Waals surface area contributed by atoms with Crippen molar-refractivity contribution in [3.05, 3.63) is 203 Å². The van der Waals surface area contributed by atoms with Crippen LogP contribution in [0.15, 0.2) is 170 Å². The second-order valence-electron chi connectivity index (χ2n) is 13.9. The van der Waals surface area contributed by atoms with Gasteiger partial charge in [-0.3, -0.25) is 0 Å². The van der Waals surface area contributed by atoms with Crippen molar-refractivity contribution in [3.63, 3.8) is 0 Å². The van der Waals surface area contributed by atoms with Gasteiger partial charge in [0.05, 0.1) is 0 Å². The fraction of sp³-hybridized carbons (Fsp3) is 0.157. The van der Waals surface area contributed by atoms with Gasteiger partial charge in [-0.05, 0) is 24.0 Å². The Morgan fingerprint density at radius 3 is 1.22 bits per heavy atom. The maximum atomic E-state index is 6.32. The molecule has 0 radical (unpaired) electrons. The molecule has 0 atom stereocenters. The van der Waals surface area contributed by atoms with E-state index in [1.807, 2.05) is 0 Å². The Morgan fingerprint density at radius 2 is 0.870 bits per heavy atom. The molecule has 0 aliphatic carbocycles. The summed E-state index contributed by atoms with van der Waals surface area (Å²) in [5.41, 5.74) is 13.0. The number of hydrogen-bond acceptors (Lipinski definition) is 0. The summed E-state index contributed by atoms with van der Waals surface area (Å²) >= 11 is -2.48. The standard InChI is InChI=1S/2C18H17.C15H14.2ClH.Zr/c2*1-2-7-14-12-16-10-6-11-17(18(16)13-14)15-8-4-3-5-9-15;1-12-3-7-14(8-4-12)11-15-9-5-13(2)6-10-15;;;/h2*3-6,8-13H,2,7H2,1H3;3-10H,1-2H3;2*1H;/q2*-1;;;;+2/p-2. The Hall–Kier alpha value is -4.13. The molecule has 0 aliphatic rings. The predicted molar refractivity (Wildman–Crippen MR) is 235 cm³/mol. The van der Waals surface area contributed by atoms with Crippen LogP contribution in [0, 0.1) is 13.8 Å². The molecule has 0 heterocycles. The van der Waals surface area contributed by atoms with Crippen LogP contribution in [0.5, 0.6) is 0 Å². The number of fused-ring (bicyclic) bond motifs is 2. The molecule has 0 bridgehead atoms. The van der Waals surface area contributed by atoms with Crippen molar-refractivity contribution in [2.75, 3.05) is 0 Å². The van der Waals surface area contributed by atoms with Crippen LogP contribution in [0.1, 0.15) is 60.1 Å². The van der Waals surface area contributed by atoms with E-state index in [0.29, 0.717) is 0 Å². The van der Waals surface area contributed by atoms with Crippen LogP contribution >= 0.6 is 17.0 Å². The summed E-state index contributed by atoms with van der Waals surface area (Å²) in [7, 11) is 12.6. The fourth-order valence-electron chi connectivity index (χ4n) is 7.02. The molecule has 0 saturated carbocycles. The molecule has 0 spiro atoms. The molecule has 0 nitrogen and oxygen atoms in total. The van der Waals surface area contributed by atoms with Gasteiger partial charge in [-0.25, -0.2) is 0 Å². The molecule has 0 amide bonds. The summed E-state index contributed by atoms with van der Waals surface area (Å²) in [6.45, 7) is 8.62. The van der Waals surface area contributed by atoms with E-state index in [0.717, 1.165) is 14.3 Å². The van der Waals surface area contributed by atoms with Gasteiger partial charge in [0.15, 0.2) is 0 Å². The van der Waals surface area contributed by atoms with Crippen LogP contribution < -0.4 is 0 Å². The van der Waals surface area contributed by atoms with Crippen LogP contribution in [0.4, 0.5) is 0 Å². The molecule has 8 rings (SSSR count). The van der Waals surface area contributed by atoms with E-state index in [2.05, 4.69) is 198 Å². The zero-order valence-electron chi connectivity index (χ0n) is 31.8. The van der Waals surface area contributed by atoms with E-state index in [4.69, 9.17) is 17.0 Å². The van der Waals surface area contributed by atoms with Gasteiger partial charge in [0, 0.05) is 0 Å². The molecule has 0 aliphatic heterocycles. The van der Waals surface area contributed by atoms with Gasteiger partial charge >= 0.3 is 124 Å². The molecule has 0 unspecified atom stereocenters. The first kappa shape index (κ1) is 39.6. The van der Waals surface area contributed by atoms with Crippen molar-refractivity contribution in [1.29, 1.82) is 0 Å². The zero-order valence-corrected chi connectivity index (χ0v) is 35.7. The summed E-state index contributed by atoms with van der Waals surface area (Å²) in [6.07, 6.45) is 4.75. The first-order valence-electron chi connectivity index (χ1n) is 19.0. The second-order valence-corrected chi connectivity index (χ2v) is 22.1. The van der Waals surface area contributed by atoms with Crippen molar-refractivity contribution in [3.8, 4) is 22.3 Å². The van der Waals surface area contributed by atoms with Gasteiger partial charge in [0.2, 0.25) is 0 Å². The van der Waals surface area contributed by atoms with E-state index in [1.54, 1.807) is 0 Å². The van der Waals surface area contributed by atoms with E-state index in [-0.39, 0.29) is 0 Å². The van der Waals surface area contributed by atoms with Gasteiger partial charge < -0.3 is 0 Å². The quantitative estimate of drug-likeness (QED) is 0.134. The summed E-state index contributed by atoms with van der Waals surface area (Å²) in [6, 6.07) is 60.6. The predicted octanol–water partition coefficient (Wildman–Crippen LogP) is 15.2. The SMILES string of the molecule is CCCc1cc2c(-c3ccccc3)cccc2[cH-]1.CCCc1cc2c(-c3ccccc3)cccc2[cH-]1.Cc1ccc([C](c2ccc(C)cc2)=[Zr]([Cl])[Cl])cc1. The Balaban J connectivity index is 0.000000138. The number of benzene rings is 6. The van der Waals surface area contributed by atoms with Crippen LogP contribution in [0.2, 0.25) is 0 Å². The summed E-state index contributed by atoms with van der Waals surface area (Å²) < 4.78 is 1.15. The minimum atomic E-state index is -2.48. The van der Waals surface area contributed by atoms with Crippen molar-refractivity contribution in [2.45, 2.75) is 53.4 Å². The second kappa shape index (κ2) is 19.5. The van der Waals surface area contributed by atoms with Crippen molar-refractivity contribution >= 4 is 41.8 Å². The fourth-order valence-corrected chi connectivity index (χ4v) is 11.5. The monoisotopic (exact) mass is 820 g/mol. The summed E-state index contributed by atoms with van der Waals surface area (Å²) in [4.78, 5) is 0. The molecule has 0 aromatic heterocycles. The minimum absolute atomic E-state index is 1.15. The van der Waals surface area contributed by atoms with E-state index >= 15 is 0 Å². The average Bonchev–Trinajstić information content (AvgIpc) is 3.81. The Bertz CT molecular complexity index is 2240. The van der Waals surface area contributed by atoms with Crippen molar-refractivity contribution in [1.82, 2.24) is 0 Å². The van der Waals surface area contributed by atoms with Gasteiger partial charge in [-0.15, -0.1) is 69.1 Å². The number of aryl methyl sites for hydroxylation is 4. The van der Waals surface area contributed by atoms with Crippen LogP contribution in [-0.2, 0) is 31.7 Å². The molecule has 54 heavy (non-hydrogen) atoms.